The summed E-state index contributed by atoms with van der Waals surface area (Å²) in [4.78, 5) is 13.5. The number of hydrogen-bond donors (Lipinski definition) is 0. The number of piperazine rings is 1. The summed E-state index contributed by atoms with van der Waals surface area (Å²) in [7, 11) is 2.21. The van der Waals surface area contributed by atoms with Gasteiger partial charge in [-0.3, -0.25) is 4.90 Å². The molecule has 24 heavy (non-hydrogen) atoms. The van der Waals surface area contributed by atoms with E-state index >= 15 is 0 Å². The fourth-order valence-corrected chi connectivity index (χ4v) is 3.78. The third-order valence-electron chi connectivity index (χ3n) is 4.07. The fourth-order valence-electron chi connectivity index (χ4n) is 2.83. The molecule has 1 aromatic rings. The van der Waals surface area contributed by atoms with Crippen molar-refractivity contribution in [2.75, 3.05) is 57.8 Å². The van der Waals surface area contributed by atoms with E-state index in [4.69, 9.17) is 0 Å². The number of nitrogens with zero attached hydrogens (tertiary/aromatic N) is 4. The predicted octanol–water partition coefficient (Wildman–Crippen LogP) is 4.29. The number of thiazole rings is 1. The molecular formula is C16H33Br3N4S. The number of anilines is 1. The molecule has 1 saturated heterocycles. The first-order valence-corrected chi connectivity index (χ1v) is 9.15. The number of likely N-dealkylation sites (N-methyl/N-ethyl adjacent to an activating group) is 1. The summed E-state index contributed by atoms with van der Waals surface area (Å²) in [6, 6.07) is 0. The first-order chi connectivity index (χ1) is 10.2. The quantitative estimate of drug-likeness (QED) is 0.480. The Morgan fingerprint density at radius 3 is 2.29 bits per heavy atom. The normalized spacial score (nSPS) is 14.8. The lowest BCUT2D eigenvalue weighted by Gasteiger charge is -2.34. The lowest BCUT2D eigenvalue weighted by atomic mass is 10.3. The maximum Gasteiger partial charge on any atom is 0.185 e. The molecule has 0 spiro atoms. The van der Waals surface area contributed by atoms with Crippen molar-refractivity contribution in [3.63, 3.8) is 0 Å². The second-order valence-corrected chi connectivity index (χ2v) is 7.08. The molecule has 0 saturated carbocycles. The minimum absolute atomic E-state index is 0. The molecule has 4 nitrogen and oxygen atoms in total. The highest BCUT2D eigenvalue weighted by atomic mass is 79.9. The molecule has 0 radical (unpaired) electrons. The molecule has 8 heteroatoms. The van der Waals surface area contributed by atoms with Crippen molar-refractivity contribution in [1.82, 2.24) is 14.8 Å². The summed E-state index contributed by atoms with van der Waals surface area (Å²) in [6.07, 6.45) is 5.70. The molecule has 0 aliphatic carbocycles. The Hall–Kier alpha value is 0.790. The van der Waals surface area contributed by atoms with Crippen LogP contribution in [0.25, 0.3) is 0 Å². The van der Waals surface area contributed by atoms with Gasteiger partial charge >= 0.3 is 0 Å². The maximum atomic E-state index is 4.64. The van der Waals surface area contributed by atoms with Crippen LogP contribution >= 0.6 is 62.3 Å². The predicted molar refractivity (Wildman–Crippen MR) is 124 cm³/mol. The summed E-state index contributed by atoms with van der Waals surface area (Å²) < 4.78 is 0. The van der Waals surface area contributed by atoms with Gasteiger partial charge in [0.25, 0.3) is 0 Å². The Balaban J connectivity index is 0. The summed E-state index contributed by atoms with van der Waals surface area (Å²) in [5, 5.41) is 1.22. The van der Waals surface area contributed by atoms with Crippen LogP contribution in [0.1, 0.15) is 31.6 Å². The van der Waals surface area contributed by atoms with Crippen molar-refractivity contribution < 1.29 is 0 Å². The molecule has 1 aromatic heterocycles. The van der Waals surface area contributed by atoms with Gasteiger partial charge in [0.05, 0.1) is 0 Å². The molecule has 2 rings (SSSR count). The number of aromatic nitrogens is 1. The minimum Gasteiger partial charge on any atom is -0.346 e. The van der Waals surface area contributed by atoms with E-state index < -0.39 is 0 Å². The Morgan fingerprint density at radius 1 is 1.04 bits per heavy atom. The van der Waals surface area contributed by atoms with Crippen molar-refractivity contribution in [2.45, 2.75) is 33.1 Å². The Kier molecular flexibility index (Phi) is 16.8. The van der Waals surface area contributed by atoms with Gasteiger partial charge in [-0.2, -0.15) is 0 Å². The van der Waals surface area contributed by atoms with Crippen LogP contribution in [0.5, 0.6) is 0 Å². The van der Waals surface area contributed by atoms with Crippen LogP contribution in [0, 0.1) is 0 Å². The molecule has 0 aromatic carbocycles. The molecule has 0 N–H and O–H groups in total. The standard InChI is InChI=1S/C16H30N4S.3BrH/c1-4-7-18(3)9-6-15-14-17-16(21-15)20-12-10-19(8-5-2)11-13-20;;;/h14H,4-13H2,1-3H3;3*1H. The van der Waals surface area contributed by atoms with Crippen LogP contribution in [0.4, 0.5) is 5.13 Å². The van der Waals surface area contributed by atoms with Crippen LogP contribution in [0.15, 0.2) is 6.20 Å². The van der Waals surface area contributed by atoms with E-state index in [1.54, 1.807) is 0 Å². The summed E-state index contributed by atoms with van der Waals surface area (Å²) in [5.41, 5.74) is 0. The van der Waals surface area contributed by atoms with Gasteiger partial charge in [-0.25, -0.2) is 4.98 Å². The van der Waals surface area contributed by atoms with Gasteiger partial charge in [0.2, 0.25) is 0 Å². The number of hydrogen-bond acceptors (Lipinski definition) is 5. The first kappa shape index (κ1) is 27.0. The molecule has 0 unspecified atom stereocenters. The summed E-state index contributed by atoms with van der Waals surface area (Å²) in [6.45, 7) is 12.7. The first-order valence-electron chi connectivity index (χ1n) is 8.33. The second-order valence-electron chi connectivity index (χ2n) is 5.99. The van der Waals surface area contributed by atoms with Crippen molar-refractivity contribution in [3.05, 3.63) is 11.1 Å². The fraction of sp³-hybridized carbons (Fsp3) is 0.812. The van der Waals surface area contributed by atoms with Crippen LogP contribution in [-0.2, 0) is 6.42 Å². The monoisotopic (exact) mass is 550 g/mol. The van der Waals surface area contributed by atoms with E-state index in [-0.39, 0.29) is 50.9 Å². The zero-order chi connectivity index (χ0) is 15.1. The molecule has 2 heterocycles. The molecular weight excluding hydrogens is 520 g/mol. The Morgan fingerprint density at radius 2 is 1.71 bits per heavy atom. The van der Waals surface area contributed by atoms with Crippen molar-refractivity contribution >= 4 is 67.4 Å². The van der Waals surface area contributed by atoms with Crippen LogP contribution in [-0.4, -0.2) is 67.6 Å². The molecule has 1 aliphatic heterocycles. The molecule has 0 atom stereocenters. The Bertz CT molecular complexity index is 412. The van der Waals surface area contributed by atoms with Gasteiger partial charge in [-0.05, 0) is 39.4 Å². The average Bonchev–Trinajstić information content (AvgIpc) is 2.95. The lowest BCUT2D eigenvalue weighted by molar-refractivity contribution is 0.258. The van der Waals surface area contributed by atoms with Crippen LogP contribution in [0.2, 0.25) is 0 Å². The topological polar surface area (TPSA) is 22.6 Å². The van der Waals surface area contributed by atoms with Crippen molar-refractivity contribution in [2.24, 2.45) is 0 Å². The summed E-state index contributed by atoms with van der Waals surface area (Å²) >= 11 is 1.88. The van der Waals surface area contributed by atoms with E-state index in [1.807, 2.05) is 11.3 Å². The van der Waals surface area contributed by atoms with Crippen molar-refractivity contribution in [3.8, 4) is 0 Å². The van der Waals surface area contributed by atoms with Crippen LogP contribution < -0.4 is 4.90 Å². The number of rotatable bonds is 8. The second kappa shape index (κ2) is 14.9. The number of halogens is 3. The van der Waals surface area contributed by atoms with Gasteiger partial charge in [0.1, 0.15) is 0 Å². The molecule has 1 fully saturated rings. The van der Waals surface area contributed by atoms with Gasteiger partial charge < -0.3 is 9.80 Å². The highest BCUT2D eigenvalue weighted by Gasteiger charge is 2.18. The zero-order valence-corrected chi connectivity index (χ0v) is 21.0. The average molecular weight is 553 g/mol. The molecule has 0 amide bonds. The van der Waals surface area contributed by atoms with Gasteiger partial charge in [-0.1, -0.05) is 13.8 Å². The maximum absolute atomic E-state index is 4.64. The molecule has 1 aliphatic rings. The third-order valence-corrected chi connectivity index (χ3v) is 5.19. The van der Waals surface area contributed by atoms with E-state index in [0.29, 0.717) is 0 Å². The SMILES string of the molecule is Br.Br.Br.CCCN(C)CCc1cnc(N2CCN(CCC)CC2)s1. The van der Waals surface area contributed by atoms with Gasteiger partial charge in [0.15, 0.2) is 5.13 Å². The highest BCUT2D eigenvalue weighted by molar-refractivity contribution is 8.93. The summed E-state index contributed by atoms with van der Waals surface area (Å²) in [5.74, 6) is 0. The lowest BCUT2D eigenvalue weighted by Crippen LogP contribution is -2.46. The van der Waals surface area contributed by atoms with E-state index in [2.05, 4.69) is 46.8 Å². The zero-order valence-electron chi connectivity index (χ0n) is 15.1. The van der Waals surface area contributed by atoms with Crippen LogP contribution in [0.3, 0.4) is 0 Å². The van der Waals surface area contributed by atoms with Gasteiger partial charge in [-0.15, -0.1) is 62.3 Å². The van der Waals surface area contributed by atoms with E-state index in [1.165, 1.54) is 49.0 Å². The van der Waals surface area contributed by atoms with Gasteiger partial charge in [0, 0.05) is 43.8 Å². The van der Waals surface area contributed by atoms with E-state index in [9.17, 15) is 0 Å². The molecule has 0 bridgehead atoms. The molecule has 144 valence electrons. The smallest absolute Gasteiger partial charge is 0.185 e. The van der Waals surface area contributed by atoms with E-state index in [0.717, 1.165) is 26.1 Å². The highest BCUT2D eigenvalue weighted by Crippen LogP contribution is 2.24. The van der Waals surface area contributed by atoms with Crippen molar-refractivity contribution in [1.29, 1.82) is 0 Å². The Labute approximate surface area is 183 Å². The minimum atomic E-state index is 0. The largest absolute Gasteiger partial charge is 0.346 e. The third kappa shape index (κ3) is 8.94.